The number of hydrogen-bond acceptors (Lipinski definition) is 2. The predicted octanol–water partition coefficient (Wildman–Crippen LogP) is 1.41. The van der Waals surface area contributed by atoms with Crippen LogP contribution in [0.1, 0.15) is 44.9 Å². The van der Waals surface area contributed by atoms with Crippen LogP contribution in [0.25, 0.3) is 0 Å². The Morgan fingerprint density at radius 1 is 1.25 bits per heavy atom. The van der Waals surface area contributed by atoms with Gasteiger partial charge in [0.1, 0.15) is 0 Å². The largest absolute Gasteiger partial charge is 0.369 e. The van der Waals surface area contributed by atoms with Gasteiger partial charge < -0.3 is 11.5 Å². The Bertz CT molecular complexity index is 313. The molecule has 2 bridgehead atoms. The number of hydrogen-bond donors (Lipinski definition) is 2. The number of carbonyl (C=O) groups is 1. The summed E-state index contributed by atoms with van der Waals surface area (Å²) in [7, 11) is 0. The zero-order valence-corrected chi connectivity index (χ0v) is 9.82. The fraction of sp³-hybridized carbons (Fsp3) is 0.923. The Morgan fingerprint density at radius 3 is 2.69 bits per heavy atom. The number of primary amides is 1. The molecule has 0 aromatic heterocycles. The molecule has 3 fully saturated rings. The molecule has 3 saturated carbocycles. The van der Waals surface area contributed by atoms with E-state index in [2.05, 4.69) is 0 Å². The molecule has 3 heteroatoms. The summed E-state index contributed by atoms with van der Waals surface area (Å²) in [6.07, 6.45) is 8.31. The van der Waals surface area contributed by atoms with E-state index in [1.165, 1.54) is 25.7 Å². The molecule has 16 heavy (non-hydrogen) atoms. The Morgan fingerprint density at radius 2 is 2.06 bits per heavy atom. The molecule has 0 aliphatic heterocycles. The quantitative estimate of drug-likeness (QED) is 0.704. The van der Waals surface area contributed by atoms with Crippen LogP contribution in [0.4, 0.5) is 0 Å². The number of fused-ring (bicyclic) bond motifs is 3. The highest BCUT2D eigenvalue weighted by molar-refractivity contribution is 5.76. The molecule has 5 atom stereocenters. The fourth-order valence-corrected chi connectivity index (χ4v) is 4.86. The Kier molecular flexibility index (Phi) is 2.29. The maximum Gasteiger partial charge on any atom is 0.220 e. The lowest BCUT2D eigenvalue weighted by Gasteiger charge is -2.47. The monoisotopic (exact) mass is 222 g/mol. The normalized spacial score (nSPS) is 51.1. The highest BCUT2D eigenvalue weighted by Crippen LogP contribution is 2.61. The van der Waals surface area contributed by atoms with E-state index >= 15 is 0 Å². The second-order valence-electron chi connectivity index (χ2n) is 6.22. The first-order valence-corrected chi connectivity index (χ1v) is 6.68. The fourth-order valence-electron chi connectivity index (χ4n) is 4.86. The molecule has 0 saturated heterocycles. The van der Waals surface area contributed by atoms with E-state index in [0.717, 1.165) is 31.1 Å². The molecule has 3 nitrogen and oxygen atoms in total. The van der Waals surface area contributed by atoms with Gasteiger partial charge in [-0.1, -0.05) is 6.42 Å². The highest BCUT2D eigenvalue weighted by atomic mass is 16.1. The summed E-state index contributed by atoms with van der Waals surface area (Å²) in [4.78, 5) is 11.4. The molecule has 1 amide bonds. The molecule has 3 aliphatic rings. The van der Waals surface area contributed by atoms with Crippen LogP contribution in [0.2, 0.25) is 0 Å². The first kappa shape index (κ1) is 10.6. The van der Waals surface area contributed by atoms with E-state index in [4.69, 9.17) is 11.5 Å². The predicted molar refractivity (Wildman–Crippen MR) is 62.4 cm³/mol. The number of nitrogens with two attached hydrogens (primary N) is 2. The number of rotatable bonds is 1. The Hall–Kier alpha value is -0.570. The lowest BCUT2D eigenvalue weighted by Crippen LogP contribution is -2.50. The second-order valence-corrected chi connectivity index (χ2v) is 6.22. The van der Waals surface area contributed by atoms with Crippen molar-refractivity contribution in [1.82, 2.24) is 0 Å². The van der Waals surface area contributed by atoms with Crippen LogP contribution in [0.5, 0.6) is 0 Å². The van der Waals surface area contributed by atoms with Crippen molar-refractivity contribution in [2.75, 3.05) is 0 Å². The molecule has 3 aliphatic carbocycles. The summed E-state index contributed by atoms with van der Waals surface area (Å²) in [5.74, 6) is 1.51. The maximum atomic E-state index is 11.4. The Balaban J connectivity index is 1.85. The summed E-state index contributed by atoms with van der Waals surface area (Å²) in [5.41, 5.74) is 12.2. The summed E-state index contributed by atoms with van der Waals surface area (Å²) in [5, 5.41) is 0. The summed E-state index contributed by atoms with van der Waals surface area (Å²) in [6.45, 7) is 0. The summed E-state index contributed by atoms with van der Waals surface area (Å²) in [6, 6.07) is 0.341. The molecular formula is C13H22N2O. The maximum absolute atomic E-state index is 11.4. The molecule has 0 aromatic rings. The van der Waals surface area contributed by atoms with E-state index in [0.29, 0.717) is 6.04 Å². The van der Waals surface area contributed by atoms with Crippen LogP contribution in [0.3, 0.4) is 0 Å². The van der Waals surface area contributed by atoms with Gasteiger partial charge in [-0.3, -0.25) is 4.79 Å². The van der Waals surface area contributed by atoms with Crippen LogP contribution in [0, 0.1) is 23.2 Å². The van der Waals surface area contributed by atoms with Gasteiger partial charge in [-0.05, 0) is 55.8 Å². The zero-order chi connectivity index (χ0) is 11.3. The van der Waals surface area contributed by atoms with Gasteiger partial charge in [-0.25, -0.2) is 0 Å². The molecule has 0 radical (unpaired) electrons. The lowest BCUT2D eigenvalue weighted by molar-refractivity contribution is -0.125. The zero-order valence-electron chi connectivity index (χ0n) is 9.82. The van der Waals surface area contributed by atoms with Gasteiger partial charge in [-0.2, -0.15) is 0 Å². The van der Waals surface area contributed by atoms with Crippen molar-refractivity contribution in [3.8, 4) is 0 Å². The number of carbonyl (C=O) groups excluding carboxylic acids is 1. The smallest absolute Gasteiger partial charge is 0.220 e. The highest BCUT2D eigenvalue weighted by Gasteiger charge is 2.57. The van der Waals surface area contributed by atoms with Crippen molar-refractivity contribution >= 4 is 5.91 Å². The van der Waals surface area contributed by atoms with Gasteiger partial charge in [0.25, 0.3) is 0 Å². The van der Waals surface area contributed by atoms with Gasteiger partial charge >= 0.3 is 0 Å². The van der Waals surface area contributed by atoms with Crippen LogP contribution < -0.4 is 11.5 Å². The molecule has 3 rings (SSSR count). The van der Waals surface area contributed by atoms with Crippen molar-refractivity contribution in [2.24, 2.45) is 34.6 Å². The van der Waals surface area contributed by atoms with Crippen molar-refractivity contribution in [3.05, 3.63) is 0 Å². The molecule has 1 spiro atoms. The molecule has 4 N–H and O–H groups in total. The molecule has 0 heterocycles. The standard InChI is InChI=1S/C13H22N2O/c14-11-8-3-4-10(6-8)13(11)5-1-2-9(7-13)12(15)16/h8-11H,1-7,14H2,(H2,15,16)/t8-,9?,10+,11-,13?/m1/s1. The van der Waals surface area contributed by atoms with Gasteiger partial charge in [0.05, 0.1) is 0 Å². The third kappa shape index (κ3) is 1.27. The van der Waals surface area contributed by atoms with Crippen LogP contribution >= 0.6 is 0 Å². The van der Waals surface area contributed by atoms with E-state index in [1.54, 1.807) is 0 Å². The second kappa shape index (κ2) is 3.46. The van der Waals surface area contributed by atoms with Crippen LogP contribution in [0.15, 0.2) is 0 Å². The van der Waals surface area contributed by atoms with E-state index in [1.807, 2.05) is 0 Å². The number of amides is 1. The van der Waals surface area contributed by atoms with E-state index in [9.17, 15) is 4.79 Å². The average molecular weight is 222 g/mol. The minimum absolute atomic E-state index is 0.0964. The van der Waals surface area contributed by atoms with Gasteiger partial charge in [0, 0.05) is 12.0 Å². The van der Waals surface area contributed by atoms with Crippen molar-refractivity contribution in [1.29, 1.82) is 0 Å². The topological polar surface area (TPSA) is 69.1 Å². The average Bonchev–Trinajstić information content (AvgIpc) is 2.84. The van der Waals surface area contributed by atoms with Crippen LogP contribution in [-0.4, -0.2) is 11.9 Å². The van der Waals surface area contributed by atoms with Crippen molar-refractivity contribution in [3.63, 3.8) is 0 Å². The van der Waals surface area contributed by atoms with Crippen LogP contribution in [-0.2, 0) is 4.79 Å². The lowest BCUT2D eigenvalue weighted by atomic mass is 9.59. The summed E-state index contributed by atoms with van der Waals surface area (Å²) < 4.78 is 0. The first-order chi connectivity index (χ1) is 7.63. The third-order valence-electron chi connectivity index (χ3n) is 5.68. The Labute approximate surface area is 96.9 Å². The molecule has 2 unspecified atom stereocenters. The summed E-state index contributed by atoms with van der Waals surface area (Å²) >= 11 is 0. The third-order valence-corrected chi connectivity index (χ3v) is 5.68. The van der Waals surface area contributed by atoms with Gasteiger partial charge in [0.2, 0.25) is 5.91 Å². The molecular weight excluding hydrogens is 200 g/mol. The van der Waals surface area contributed by atoms with Gasteiger partial charge in [-0.15, -0.1) is 0 Å². The van der Waals surface area contributed by atoms with Gasteiger partial charge in [0.15, 0.2) is 0 Å². The minimum atomic E-state index is -0.103. The molecule has 0 aromatic carbocycles. The van der Waals surface area contributed by atoms with E-state index in [-0.39, 0.29) is 17.2 Å². The van der Waals surface area contributed by atoms with Crippen molar-refractivity contribution in [2.45, 2.75) is 51.0 Å². The molecule has 90 valence electrons. The van der Waals surface area contributed by atoms with E-state index < -0.39 is 0 Å². The SMILES string of the molecule is NC(=O)C1CCCC2(C1)[C@H]1CC[C@H](C1)[C@H]2N. The van der Waals surface area contributed by atoms with Crippen molar-refractivity contribution < 1.29 is 4.79 Å². The first-order valence-electron chi connectivity index (χ1n) is 6.68. The minimum Gasteiger partial charge on any atom is -0.369 e.